The first-order valence-corrected chi connectivity index (χ1v) is 6.85. The van der Waals surface area contributed by atoms with Gasteiger partial charge in [0.05, 0.1) is 12.9 Å². The number of amides is 1. The molecular formula is C13H17NO4S. The smallest absolute Gasteiger partial charge is 0.303 e. The highest BCUT2D eigenvalue weighted by Gasteiger charge is 2.03. The first-order chi connectivity index (χ1) is 9.11. The molecule has 0 bridgehead atoms. The minimum atomic E-state index is -0.846. The van der Waals surface area contributed by atoms with Crippen LogP contribution in [0.15, 0.2) is 29.2 Å². The second-order valence-corrected chi connectivity index (χ2v) is 4.86. The van der Waals surface area contributed by atoms with Gasteiger partial charge in [0, 0.05) is 17.9 Å². The van der Waals surface area contributed by atoms with Crippen molar-refractivity contribution in [1.82, 2.24) is 5.32 Å². The molecule has 0 aromatic heterocycles. The van der Waals surface area contributed by atoms with Gasteiger partial charge in [-0.2, -0.15) is 0 Å². The number of benzene rings is 1. The zero-order valence-electron chi connectivity index (χ0n) is 10.7. The van der Waals surface area contributed by atoms with Crippen LogP contribution in [0.3, 0.4) is 0 Å². The molecule has 0 aliphatic heterocycles. The van der Waals surface area contributed by atoms with Crippen LogP contribution in [0.25, 0.3) is 0 Å². The average Bonchev–Trinajstić information content (AvgIpc) is 2.41. The molecular weight excluding hydrogens is 266 g/mol. The molecule has 104 valence electrons. The van der Waals surface area contributed by atoms with Crippen LogP contribution in [0.4, 0.5) is 0 Å². The number of methoxy groups -OCH3 is 1. The number of rotatable bonds is 8. The van der Waals surface area contributed by atoms with Gasteiger partial charge in [0.1, 0.15) is 5.75 Å². The number of carboxylic acids is 1. The lowest BCUT2D eigenvalue weighted by Gasteiger charge is -2.05. The van der Waals surface area contributed by atoms with Crippen molar-refractivity contribution in [3.63, 3.8) is 0 Å². The van der Waals surface area contributed by atoms with Crippen molar-refractivity contribution in [3.8, 4) is 5.75 Å². The van der Waals surface area contributed by atoms with Gasteiger partial charge in [-0.05, 0) is 30.7 Å². The van der Waals surface area contributed by atoms with E-state index in [1.54, 1.807) is 7.11 Å². The van der Waals surface area contributed by atoms with Gasteiger partial charge in [-0.15, -0.1) is 11.8 Å². The van der Waals surface area contributed by atoms with Crippen molar-refractivity contribution in [2.24, 2.45) is 0 Å². The Balaban J connectivity index is 2.20. The van der Waals surface area contributed by atoms with Crippen molar-refractivity contribution in [1.29, 1.82) is 0 Å². The summed E-state index contributed by atoms with van der Waals surface area (Å²) in [6, 6.07) is 7.46. The minimum absolute atomic E-state index is 0.0753. The predicted molar refractivity (Wildman–Crippen MR) is 73.6 cm³/mol. The molecule has 1 aromatic rings. The molecule has 0 aliphatic rings. The van der Waals surface area contributed by atoms with Crippen molar-refractivity contribution in [3.05, 3.63) is 24.3 Å². The summed E-state index contributed by atoms with van der Waals surface area (Å²) in [6.45, 7) is 0.397. The molecule has 5 nitrogen and oxygen atoms in total. The fraction of sp³-hybridized carbons (Fsp3) is 0.385. The highest BCUT2D eigenvalue weighted by atomic mass is 32.2. The number of hydrogen-bond donors (Lipinski definition) is 2. The molecule has 0 unspecified atom stereocenters. The Kier molecular flexibility index (Phi) is 6.81. The van der Waals surface area contributed by atoms with Gasteiger partial charge in [0.2, 0.25) is 5.91 Å². The molecule has 1 amide bonds. The fourth-order valence-corrected chi connectivity index (χ4v) is 2.07. The lowest BCUT2D eigenvalue weighted by Crippen LogP contribution is -2.26. The van der Waals surface area contributed by atoms with E-state index in [0.717, 1.165) is 10.6 Å². The maximum absolute atomic E-state index is 11.5. The van der Waals surface area contributed by atoms with E-state index in [4.69, 9.17) is 9.84 Å². The normalized spacial score (nSPS) is 9.95. The summed E-state index contributed by atoms with van der Waals surface area (Å²) in [5.74, 6) is 0.162. The Bertz CT molecular complexity index is 419. The number of aliphatic carboxylic acids is 1. The Labute approximate surface area is 116 Å². The van der Waals surface area contributed by atoms with Crippen molar-refractivity contribution in [2.45, 2.75) is 17.7 Å². The van der Waals surface area contributed by atoms with Crippen LogP contribution in [0.5, 0.6) is 5.75 Å². The van der Waals surface area contributed by atoms with E-state index < -0.39 is 5.97 Å². The van der Waals surface area contributed by atoms with Crippen LogP contribution in [-0.2, 0) is 9.59 Å². The molecule has 0 heterocycles. The lowest BCUT2D eigenvalue weighted by molar-refractivity contribution is -0.137. The molecule has 0 radical (unpaired) electrons. The summed E-state index contributed by atoms with van der Waals surface area (Å²) in [6.07, 6.45) is 0.528. The third-order valence-corrected chi connectivity index (χ3v) is 3.33. The highest BCUT2D eigenvalue weighted by Crippen LogP contribution is 2.20. The third kappa shape index (κ3) is 6.71. The molecule has 0 saturated carbocycles. The molecule has 6 heteroatoms. The zero-order chi connectivity index (χ0) is 14.1. The molecule has 0 atom stereocenters. The van der Waals surface area contributed by atoms with Crippen LogP contribution < -0.4 is 10.1 Å². The second kappa shape index (κ2) is 8.42. The van der Waals surface area contributed by atoms with E-state index in [-0.39, 0.29) is 12.3 Å². The molecule has 0 aliphatic carbocycles. The number of carboxylic acid groups (broad SMARTS) is 1. The largest absolute Gasteiger partial charge is 0.497 e. The van der Waals surface area contributed by atoms with Crippen LogP contribution >= 0.6 is 11.8 Å². The number of nitrogens with one attached hydrogen (secondary N) is 1. The number of carbonyl (C=O) groups excluding carboxylic acids is 1. The van der Waals surface area contributed by atoms with Gasteiger partial charge in [-0.3, -0.25) is 9.59 Å². The maximum atomic E-state index is 11.5. The van der Waals surface area contributed by atoms with Crippen LogP contribution in [-0.4, -0.2) is 36.4 Å². The summed E-state index contributed by atoms with van der Waals surface area (Å²) in [4.78, 5) is 22.7. The van der Waals surface area contributed by atoms with Gasteiger partial charge in [0.15, 0.2) is 0 Å². The van der Waals surface area contributed by atoms with Gasteiger partial charge in [-0.1, -0.05) is 0 Å². The Hall–Kier alpha value is -1.69. The van der Waals surface area contributed by atoms with Crippen LogP contribution in [0.1, 0.15) is 12.8 Å². The van der Waals surface area contributed by atoms with E-state index in [2.05, 4.69) is 5.32 Å². The summed E-state index contributed by atoms with van der Waals surface area (Å²) in [5, 5.41) is 11.1. The van der Waals surface area contributed by atoms with Crippen molar-refractivity contribution < 1.29 is 19.4 Å². The molecule has 0 fully saturated rings. The Morgan fingerprint density at radius 1 is 1.32 bits per heavy atom. The highest BCUT2D eigenvalue weighted by molar-refractivity contribution is 8.00. The van der Waals surface area contributed by atoms with E-state index >= 15 is 0 Å². The Morgan fingerprint density at radius 2 is 2.00 bits per heavy atom. The zero-order valence-corrected chi connectivity index (χ0v) is 11.5. The Morgan fingerprint density at radius 3 is 2.58 bits per heavy atom. The maximum Gasteiger partial charge on any atom is 0.303 e. The van der Waals surface area contributed by atoms with Crippen molar-refractivity contribution in [2.75, 3.05) is 19.4 Å². The molecule has 1 rings (SSSR count). The standard InChI is InChI=1S/C13H17NO4S/c1-18-10-4-6-11(7-5-10)19-9-12(15)14-8-2-3-13(16)17/h4-7H,2-3,8-9H2,1H3,(H,14,15)(H,16,17). The second-order valence-electron chi connectivity index (χ2n) is 3.81. The fourth-order valence-electron chi connectivity index (χ4n) is 1.34. The molecule has 19 heavy (non-hydrogen) atoms. The average molecular weight is 283 g/mol. The monoisotopic (exact) mass is 283 g/mol. The number of carbonyl (C=O) groups is 2. The van der Waals surface area contributed by atoms with E-state index in [1.807, 2.05) is 24.3 Å². The van der Waals surface area contributed by atoms with Gasteiger partial charge in [0.25, 0.3) is 0 Å². The van der Waals surface area contributed by atoms with E-state index in [0.29, 0.717) is 18.7 Å². The quantitative estimate of drug-likeness (QED) is 0.562. The summed E-state index contributed by atoms with van der Waals surface area (Å²) in [5.41, 5.74) is 0. The van der Waals surface area contributed by atoms with Crippen LogP contribution in [0.2, 0.25) is 0 Å². The topological polar surface area (TPSA) is 75.6 Å². The number of thioether (sulfide) groups is 1. The summed E-state index contributed by atoms with van der Waals surface area (Å²) < 4.78 is 5.04. The molecule has 0 spiro atoms. The molecule has 0 saturated heterocycles. The lowest BCUT2D eigenvalue weighted by atomic mass is 10.3. The SMILES string of the molecule is COc1ccc(SCC(=O)NCCCC(=O)O)cc1. The first-order valence-electron chi connectivity index (χ1n) is 5.87. The minimum Gasteiger partial charge on any atom is -0.497 e. The molecule has 2 N–H and O–H groups in total. The predicted octanol–water partition coefficient (Wildman–Crippen LogP) is 1.77. The van der Waals surface area contributed by atoms with Gasteiger partial charge in [-0.25, -0.2) is 0 Å². The van der Waals surface area contributed by atoms with E-state index in [1.165, 1.54) is 11.8 Å². The van der Waals surface area contributed by atoms with Gasteiger partial charge < -0.3 is 15.2 Å². The number of hydrogen-bond acceptors (Lipinski definition) is 4. The van der Waals surface area contributed by atoms with Gasteiger partial charge >= 0.3 is 5.97 Å². The van der Waals surface area contributed by atoms with E-state index in [9.17, 15) is 9.59 Å². The number of ether oxygens (including phenoxy) is 1. The first kappa shape index (κ1) is 15.4. The third-order valence-electron chi connectivity index (χ3n) is 2.32. The van der Waals surface area contributed by atoms with Crippen LogP contribution in [0, 0.1) is 0 Å². The summed E-state index contributed by atoms with van der Waals surface area (Å²) in [7, 11) is 1.60. The molecule has 1 aromatic carbocycles. The summed E-state index contributed by atoms with van der Waals surface area (Å²) >= 11 is 1.43. The van der Waals surface area contributed by atoms with Crippen molar-refractivity contribution >= 4 is 23.6 Å².